The van der Waals surface area contributed by atoms with E-state index >= 15 is 0 Å². The van der Waals surface area contributed by atoms with E-state index in [1.807, 2.05) is 27.7 Å². The van der Waals surface area contributed by atoms with Crippen LogP contribution in [0.3, 0.4) is 0 Å². The molecular formula is C19H26FN3O2. The molecule has 0 aliphatic carbocycles. The average Bonchev–Trinajstić information content (AvgIpc) is 3.02. The summed E-state index contributed by atoms with van der Waals surface area (Å²) in [5.41, 5.74) is 0.906. The quantitative estimate of drug-likeness (QED) is 0.778. The Balaban J connectivity index is 1.85. The molecule has 1 heterocycles. The molecule has 0 bridgehead atoms. The minimum atomic E-state index is -0.280. The van der Waals surface area contributed by atoms with E-state index in [0.717, 1.165) is 5.56 Å². The molecule has 1 N–H and O–H groups in total. The Morgan fingerprint density at radius 3 is 2.44 bits per heavy atom. The molecule has 136 valence electrons. The van der Waals surface area contributed by atoms with Gasteiger partial charge in [-0.05, 0) is 30.0 Å². The fourth-order valence-corrected chi connectivity index (χ4v) is 2.55. The monoisotopic (exact) mass is 347 g/mol. The second-order valence-corrected chi connectivity index (χ2v) is 6.90. The molecule has 0 radical (unpaired) electrons. The minimum Gasteiger partial charge on any atom is -0.349 e. The van der Waals surface area contributed by atoms with Crippen molar-refractivity contribution in [2.24, 2.45) is 5.92 Å². The van der Waals surface area contributed by atoms with Crippen LogP contribution in [0.15, 0.2) is 28.8 Å². The third-order valence-electron chi connectivity index (χ3n) is 4.01. The minimum absolute atomic E-state index is 0.0355. The van der Waals surface area contributed by atoms with Crippen molar-refractivity contribution in [3.63, 3.8) is 0 Å². The normalized spacial score (nSPS) is 12.6. The molecule has 5 nitrogen and oxygen atoms in total. The summed E-state index contributed by atoms with van der Waals surface area (Å²) in [5, 5.41) is 6.95. The summed E-state index contributed by atoms with van der Waals surface area (Å²) < 4.78 is 18.3. The number of halogens is 1. The van der Waals surface area contributed by atoms with E-state index in [1.165, 1.54) is 12.1 Å². The first-order chi connectivity index (χ1) is 11.9. The highest BCUT2D eigenvalue weighted by atomic mass is 19.1. The van der Waals surface area contributed by atoms with Crippen LogP contribution in [0.1, 0.15) is 69.8 Å². The zero-order valence-electron chi connectivity index (χ0n) is 15.3. The number of benzene rings is 1. The van der Waals surface area contributed by atoms with Crippen LogP contribution in [-0.2, 0) is 11.2 Å². The fraction of sp³-hybridized carbons (Fsp3) is 0.526. The Kier molecular flexibility index (Phi) is 6.67. The van der Waals surface area contributed by atoms with Gasteiger partial charge in [-0.1, -0.05) is 45.0 Å². The summed E-state index contributed by atoms with van der Waals surface area (Å²) in [4.78, 5) is 16.6. The van der Waals surface area contributed by atoms with E-state index in [9.17, 15) is 9.18 Å². The van der Waals surface area contributed by atoms with Crippen molar-refractivity contribution in [1.82, 2.24) is 15.5 Å². The number of nitrogens with zero attached hydrogens (tertiary/aromatic N) is 2. The zero-order chi connectivity index (χ0) is 18.4. The van der Waals surface area contributed by atoms with Crippen LogP contribution in [0.25, 0.3) is 0 Å². The fourth-order valence-electron chi connectivity index (χ4n) is 2.55. The first-order valence-corrected chi connectivity index (χ1v) is 8.74. The van der Waals surface area contributed by atoms with E-state index in [0.29, 0.717) is 31.0 Å². The molecule has 1 amide bonds. The summed E-state index contributed by atoms with van der Waals surface area (Å²) in [6.07, 6.45) is 1.60. The zero-order valence-corrected chi connectivity index (χ0v) is 15.3. The van der Waals surface area contributed by atoms with Crippen LogP contribution in [0.5, 0.6) is 0 Å². The average molecular weight is 347 g/mol. The standard InChI is InChI=1S/C19H26FN3O2/c1-12(2)18(14-8-10-15(20)11-9-14)21-16(24)6-5-7-17-22-19(13(3)4)23-25-17/h8-13,18H,5-7H2,1-4H3,(H,21,24)/t18-/m0/s1. The van der Waals surface area contributed by atoms with Gasteiger partial charge >= 0.3 is 0 Å². The molecule has 1 aromatic heterocycles. The predicted molar refractivity (Wildman–Crippen MR) is 93.4 cm³/mol. The lowest BCUT2D eigenvalue weighted by Gasteiger charge is -2.23. The van der Waals surface area contributed by atoms with E-state index in [2.05, 4.69) is 15.5 Å². The van der Waals surface area contributed by atoms with Gasteiger partial charge in [0.15, 0.2) is 5.82 Å². The van der Waals surface area contributed by atoms with Crippen molar-refractivity contribution in [3.8, 4) is 0 Å². The first-order valence-electron chi connectivity index (χ1n) is 8.74. The summed E-state index contributed by atoms with van der Waals surface area (Å²) in [5.74, 6) is 1.37. The van der Waals surface area contributed by atoms with E-state index < -0.39 is 0 Å². The highest BCUT2D eigenvalue weighted by Crippen LogP contribution is 2.22. The van der Waals surface area contributed by atoms with E-state index in [4.69, 9.17) is 4.52 Å². The summed E-state index contributed by atoms with van der Waals surface area (Å²) >= 11 is 0. The van der Waals surface area contributed by atoms with Gasteiger partial charge in [-0.3, -0.25) is 4.79 Å². The third kappa shape index (κ3) is 5.66. The Morgan fingerprint density at radius 2 is 1.88 bits per heavy atom. The van der Waals surface area contributed by atoms with Gasteiger partial charge in [0.05, 0.1) is 6.04 Å². The number of carbonyl (C=O) groups is 1. The molecule has 1 aromatic carbocycles. The van der Waals surface area contributed by atoms with Crippen molar-refractivity contribution in [2.45, 2.75) is 58.9 Å². The molecule has 2 rings (SSSR count). The lowest BCUT2D eigenvalue weighted by molar-refractivity contribution is -0.122. The molecule has 0 saturated heterocycles. The van der Waals surface area contributed by atoms with Gasteiger partial charge in [0.1, 0.15) is 5.82 Å². The van der Waals surface area contributed by atoms with Crippen LogP contribution < -0.4 is 5.32 Å². The SMILES string of the molecule is CC(C)c1noc(CCCC(=O)N[C@H](c2ccc(F)cc2)C(C)C)n1. The Morgan fingerprint density at radius 1 is 1.20 bits per heavy atom. The summed E-state index contributed by atoms with van der Waals surface area (Å²) in [7, 11) is 0. The van der Waals surface area contributed by atoms with Crippen LogP contribution in [0.2, 0.25) is 0 Å². The summed E-state index contributed by atoms with van der Waals surface area (Å²) in [6, 6.07) is 6.12. The number of hydrogen-bond acceptors (Lipinski definition) is 4. The van der Waals surface area contributed by atoms with Crippen molar-refractivity contribution in [1.29, 1.82) is 0 Å². The van der Waals surface area contributed by atoms with E-state index in [1.54, 1.807) is 12.1 Å². The van der Waals surface area contributed by atoms with Gasteiger partial charge in [-0.25, -0.2) is 4.39 Å². The number of aromatic nitrogens is 2. The molecule has 0 aliphatic heterocycles. The van der Waals surface area contributed by atoms with Gasteiger partial charge in [0.25, 0.3) is 0 Å². The number of hydrogen-bond donors (Lipinski definition) is 1. The smallest absolute Gasteiger partial charge is 0.226 e. The topological polar surface area (TPSA) is 68.0 Å². The summed E-state index contributed by atoms with van der Waals surface area (Å²) in [6.45, 7) is 8.06. The van der Waals surface area contributed by atoms with Gasteiger partial charge in [-0.15, -0.1) is 0 Å². The maximum Gasteiger partial charge on any atom is 0.226 e. The first kappa shape index (κ1) is 19.1. The number of carbonyl (C=O) groups excluding carboxylic acids is 1. The van der Waals surface area contributed by atoms with Gasteiger partial charge in [0, 0.05) is 18.8 Å². The van der Waals surface area contributed by atoms with Crippen molar-refractivity contribution in [3.05, 3.63) is 47.4 Å². The van der Waals surface area contributed by atoms with Crippen molar-refractivity contribution < 1.29 is 13.7 Å². The molecule has 0 spiro atoms. The second kappa shape index (κ2) is 8.74. The Labute approximate surface area is 148 Å². The van der Waals surface area contributed by atoms with E-state index in [-0.39, 0.29) is 29.6 Å². The lowest BCUT2D eigenvalue weighted by atomic mass is 9.95. The second-order valence-electron chi connectivity index (χ2n) is 6.90. The molecule has 1 atom stereocenters. The molecule has 25 heavy (non-hydrogen) atoms. The predicted octanol–water partition coefficient (Wildman–Crippen LogP) is 4.17. The number of amides is 1. The Bertz CT molecular complexity index is 680. The molecule has 0 saturated carbocycles. The molecular weight excluding hydrogens is 321 g/mol. The molecule has 0 aliphatic rings. The van der Waals surface area contributed by atoms with Crippen LogP contribution >= 0.6 is 0 Å². The maximum absolute atomic E-state index is 13.1. The molecule has 0 unspecified atom stereocenters. The van der Waals surface area contributed by atoms with Crippen LogP contribution in [0.4, 0.5) is 4.39 Å². The van der Waals surface area contributed by atoms with Crippen LogP contribution in [-0.4, -0.2) is 16.0 Å². The molecule has 6 heteroatoms. The van der Waals surface area contributed by atoms with Crippen LogP contribution in [0, 0.1) is 11.7 Å². The highest BCUT2D eigenvalue weighted by Gasteiger charge is 2.18. The van der Waals surface area contributed by atoms with Gasteiger partial charge in [0.2, 0.25) is 11.8 Å². The molecule has 2 aromatic rings. The molecule has 0 fully saturated rings. The largest absolute Gasteiger partial charge is 0.349 e. The maximum atomic E-state index is 13.1. The van der Waals surface area contributed by atoms with Gasteiger partial charge < -0.3 is 9.84 Å². The lowest BCUT2D eigenvalue weighted by Crippen LogP contribution is -2.31. The van der Waals surface area contributed by atoms with Crippen molar-refractivity contribution in [2.75, 3.05) is 0 Å². The van der Waals surface area contributed by atoms with Gasteiger partial charge in [-0.2, -0.15) is 4.98 Å². The number of nitrogens with one attached hydrogen (secondary N) is 1. The number of aryl methyl sites for hydroxylation is 1. The Hall–Kier alpha value is -2.24. The van der Waals surface area contributed by atoms with Crippen molar-refractivity contribution >= 4 is 5.91 Å². The third-order valence-corrected chi connectivity index (χ3v) is 4.01. The highest BCUT2D eigenvalue weighted by molar-refractivity contribution is 5.76. The number of rotatable bonds is 8.